The van der Waals surface area contributed by atoms with Crippen LogP contribution in [0.25, 0.3) is 0 Å². The fourth-order valence-corrected chi connectivity index (χ4v) is 13.7. The molecular formula is C61H76N8O7S3. The van der Waals surface area contributed by atoms with E-state index in [-0.39, 0.29) is 49.5 Å². The molecule has 3 N–H and O–H groups in total. The molecule has 1 aromatic carbocycles. The van der Waals surface area contributed by atoms with Gasteiger partial charge in [-0.3, -0.25) is 4.79 Å². The van der Waals surface area contributed by atoms with Gasteiger partial charge in [-0.25, -0.2) is 44.2 Å². The molecule has 0 bridgehead atoms. The number of allylic oxidation sites excluding steroid dienone is 4. The zero-order valence-corrected chi connectivity index (χ0v) is 50.9. The fourth-order valence-electron chi connectivity index (χ4n) is 9.60. The standard InChI is InChI=1S/C22H28N2O2S.C20H25N3O2S.C19H23N3O3S/c1-14(2)13-24(16-9-7-15(8-10-16)19(25)26)20-23-17-18(27-20)22(5,6)12-11-21(17,3)4;1-6-11-23(14-8-7-13(12-21-14)17(24)25)18-22-15-16(26-18)20(4,5)10-9-19(15,2)3;1-11(23)22(13-7-6-12(10-20-13)16(24)25)17-21-14-15(26-17)19(4,5)9-8-18(14,2)3/h7-12,14H,13H2,1-6H3,(H,25,26);7-10,12H,6,11H2,1-5H3,(H,24,25);6-7,10H,8-9H2,1-5H3,(H,24,25). The second-order valence-corrected chi connectivity index (χ2v) is 27.6. The summed E-state index contributed by atoms with van der Waals surface area (Å²) < 4.78 is 0. The number of fused-ring (bicyclic) bond motifs is 3. The van der Waals surface area contributed by atoms with Crippen LogP contribution in [0.3, 0.4) is 0 Å². The zero-order chi connectivity index (χ0) is 58.4. The summed E-state index contributed by atoms with van der Waals surface area (Å²) in [5.74, 6) is -1.57. The van der Waals surface area contributed by atoms with E-state index in [0.717, 1.165) is 71.2 Å². The van der Waals surface area contributed by atoms with Crippen LogP contribution < -0.4 is 14.7 Å². The van der Waals surface area contributed by atoms with Crippen molar-refractivity contribution in [1.29, 1.82) is 0 Å². The molecule has 0 radical (unpaired) electrons. The number of thiazole rings is 3. The Bertz CT molecular complexity index is 3180. The Hall–Kier alpha value is -6.63. The molecule has 0 spiro atoms. The topological polar surface area (TPSA) is 203 Å². The second kappa shape index (κ2) is 22.5. The van der Waals surface area contributed by atoms with Crippen LogP contribution in [0.2, 0.25) is 0 Å². The second-order valence-electron chi connectivity index (χ2n) is 24.6. The minimum absolute atomic E-state index is 0.0177. The average molecular weight is 1130 g/mol. The Balaban J connectivity index is 0.000000172. The van der Waals surface area contributed by atoms with Gasteiger partial charge < -0.3 is 25.1 Å². The number of carboxylic acids is 3. The molecule has 79 heavy (non-hydrogen) atoms. The van der Waals surface area contributed by atoms with Crippen LogP contribution in [-0.2, 0) is 37.3 Å². The summed E-state index contributed by atoms with van der Waals surface area (Å²) in [6.45, 7) is 36.0. The van der Waals surface area contributed by atoms with E-state index in [0.29, 0.717) is 22.4 Å². The van der Waals surface area contributed by atoms with Crippen LogP contribution in [0.4, 0.5) is 32.7 Å². The van der Waals surface area contributed by atoms with Gasteiger partial charge in [0.1, 0.15) is 11.6 Å². The van der Waals surface area contributed by atoms with E-state index in [9.17, 15) is 24.3 Å². The van der Waals surface area contributed by atoms with E-state index < -0.39 is 17.9 Å². The van der Waals surface area contributed by atoms with Crippen LogP contribution in [0.5, 0.6) is 0 Å². The Morgan fingerprint density at radius 1 is 0.532 bits per heavy atom. The Morgan fingerprint density at radius 2 is 0.949 bits per heavy atom. The van der Waals surface area contributed by atoms with Crippen molar-refractivity contribution in [2.75, 3.05) is 27.8 Å². The van der Waals surface area contributed by atoms with Crippen LogP contribution in [0.1, 0.15) is 193 Å². The first-order chi connectivity index (χ1) is 36.7. The molecule has 3 aliphatic rings. The van der Waals surface area contributed by atoms with Crippen molar-refractivity contribution in [3.05, 3.63) is 134 Å². The molecule has 5 aromatic heterocycles. The molecule has 1 amide bonds. The van der Waals surface area contributed by atoms with E-state index in [2.05, 4.69) is 148 Å². The largest absolute Gasteiger partial charge is 0.478 e. The molecule has 18 heteroatoms. The molecule has 6 aromatic rings. The Labute approximate surface area is 477 Å². The van der Waals surface area contributed by atoms with Crippen LogP contribution in [0.15, 0.2) is 85.2 Å². The van der Waals surface area contributed by atoms with E-state index in [1.165, 1.54) is 56.3 Å². The number of aromatic carboxylic acids is 3. The van der Waals surface area contributed by atoms with Crippen molar-refractivity contribution < 1.29 is 34.5 Å². The van der Waals surface area contributed by atoms with Gasteiger partial charge in [0.25, 0.3) is 0 Å². The highest BCUT2D eigenvalue weighted by molar-refractivity contribution is 7.16. The number of anilines is 6. The SMILES string of the molecule is CC(=O)N(c1ccc(C(=O)O)cn1)c1nc2c(s1)C(C)(C)CCC2(C)C.CC(C)CN(c1ccc(C(=O)O)cc1)c1nc2c(s1)C(C)(C)C=CC2(C)C.CCCN(c1ccc(C(=O)O)cn1)c1nc2c(s1)C(C)(C)C=CC2(C)C. The summed E-state index contributed by atoms with van der Waals surface area (Å²) in [7, 11) is 0. The lowest BCUT2D eigenvalue weighted by Gasteiger charge is -2.37. The highest BCUT2D eigenvalue weighted by atomic mass is 32.1. The third kappa shape index (κ3) is 12.9. The van der Waals surface area contributed by atoms with Crippen molar-refractivity contribution in [2.24, 2.45) is 5.92 Å². The van der Waals surface area contributed by atoms with Crippen molar-refractivity contribution in [1.82, 2.24) is 24.9 Å². The first kappa shape index (κ1) is 60.0. The number of hydrogen-bond donors (Lipinski definition) is 3. The minimum Gasteiger partial charge on any atom is -0.478 e. The molecular weight excluding hydrogens is 1050 g/mol. The van der Waals surface area contributed by atoms with Gasteiger partial charge >= 0.3 is 17.9 Å². The summed E-state index contributed by atoms with van der Waals surface area (Å²) in [5.41, 5.74) is 4.57. The van der Waals surface area contributed by atoms with Crippen molar-refractivity contribution in [3.63, 3.8) is 0 Å². The lowest BCUT2D eigenvalue weighted by molar-refractivity contribution is -0.115. The van der Waals surface area contributed by atoms with E-state index >= 15 is 0 Å². The number of carbonyl (C=O) groups excluding carboxylic acids is 1. The molecule has 0 fully saturated rings. The van der Waals surface area contributed by atoms with Gasteiger partial charge in [0, 0.05) is 85.2 Å². The lowest BCUT2D eigenvalue weighted by Crippen LogP contribution is -2.32. The first-order valence-corrected chi connectivity index (χ1v) is 29.2. The van der Waals surface area contributed by atoms with Gasteiger partial charge in [0.05, 0.1) is 33.8 Å². The number of nitrogens with zero attached hydrogens (tertiary/aromatic N) is 8. The maximum absolute atomic E-state index is 12.3. The quantitative estimate of drug-likeness (QED) is 0.0921. The number of aromatic nitrogens is 5. The molecule has 15 nitrogen and oxygen atoms in total. The third-order valence-electron chi connectivity index (χ3n) is 14.6. The van der Waals surface area contributed by atoms with Crippen LogP contribution in [0, 0.1) is 5.92 Å². The van der Waals surface area contributed by atoms with Crippen LogP contribution >= 0.6 is 34.0 Å². The lowest BCUT2D eigenvalue weighted by atomic mass is 9.69. The molecule has 9 rings (SSSR count). The Kier molecular flexibility index (Phi) is 17.1. The molecule has 0 atom stereocenters. The molecule has 420 valence electrons. The highest BCUT2D eigenvalue weighted by Gasteiger charge is 2.42. The predicted molar refractivity (Wildman–Crippen MR) is 320 cm³/mol. The van der Waals surface area contributed by atoms with Gasteiger partial charge in [0.2, 0.25) is 5.91 Å². The molecule has 0 aliphatic heterocycles. The average Bonchev–Trinajstić information content (AvgIpc) is 4.19. The first-order valence-electron chi connectivity index (χ1n) is 26.7. The molecule has 5 heterocycles. The molecule has 0 saturated carbocycles. The summed E-state index contributed by atoms with van der Waals surface area (Å²) in [5, 5.41) is 29.8. The summed E-state index contributed by atoms with van der Waals surface area (Å²) >= 11 is 4.98. The number of carbonyl (C=O) groups is 4. The number of benzene rings is 1. The molecule has 0 unspecified atom stereocenters. The van der Waals surface area contributed by atoms with Gasteiger partial charge in [-0.2, -0.15) is 0 Å². The maximum atomic E-state index is 12.3. The monoisotopic (exact) mass is 1130 g/mol. The summed E-state index contributed by atoms with van der Waals surface area (Å²) in [6, 6.07) is 13.4. The van der Waals surface area contributed by atoms with Crippen molar-refractivity contribution >= 4 is 90.5 Å². The molecule has 0 saturated heterocycles. The summed E-state index contributed by atoms with van der Waals surface area (Å²) in [4.78, 5) is 78.6. The normalized spacial score (nSPS) is 17.1. The van der Waals surface area contributed by atoms with E-state index in [1.807, 2.05) is 12.1 Å². The Morgan fingerprint density at radius 3 is 1.35 bits per heavy atom. The highest BCUT2D eigenvalue weighted by Crippen LogP contribution is 2.51. The van der Waals surface area contributed by atoms with E-state index in [1.54, 1.807) is 53.0 Å². The fraction of sp³-hybridized carbons (Fsp3) is 0.459. The maximum Gasteiger partial charge on any atom is 0.337 e. The van der Waals surface area contributed by atoms with Crippen LogP contribution in [-0.4, -0.2) is 77.1 Å². The van der Waals surface area contributed by atoms with Gasteiger partial charge in [-0.05, 0) is 73.7 Å². The number of carboxylic acid groups (broad SMARTS) is 3. The van der Waals surface area contributed by atoms with E-state index in [4.69, 9.17) is 25.2 Å². The predicted octanol–water partition coefficient (Wildman–Crippen LogP) is 14.9. The number of rotatable bonds is 13. The molecule has 3 aliphatic carbocycles. The zero-order valence-electron chi connectivity index (χ0n) is 48.5. The van der Waals surface area contributed by atoms with Crippen molar-refractivity contribution in [3.8, 4) is 0 Å². The third-order valence-corrected chi connectivity index (χ3v) is 18.8. The van der Waals surface area contributed by atoms with Crippen molar-refractivity contribution in [2.45, 2.75) is 163 Å². The number of amides is 1. The van der Waals surface area contributed by atoms with Gasteiger partial charge in [-0.1, -0.05) is 128 Å². The number of pyridine rings is 2. The number of hydrogen-bond acceptors (Lipinski definition) is 14. The van der Waals surface area contributed by atoms with Gasteiger partial charge in [0.15, 0.2) is 15.4 Å². The summed E-state index contributed by atoms with van der Waals surface area (Å²) in [6.07, 6.45) is 14.8. The minimum atomic E-state index is -1.05. The smallest absolute Gasteiger partial charge is 0.337 e. The van der Waals surface area contributed by atoms with Gasteiger partial charge in [-0.15, -0.1) is 34.0 Å².